The molecule has 2 aromatic heterocycles. The second-order valence-electron chi connectivity index (χ2n) is 7.43. The number of alkyl halides is 3. The van der Waals surface area contributed by atoms with Crippen LogP contribution in [-0.2, 0) is 7.05 Å². The Balaban J connectivity index is 1.46. The molecule has 0 radical (unpaired) electrons. The average Bonchev–Trinajstić information content (AvgIpc) is 2.77. The molecule has 0 N–H and O–H groups in total. The number of aryl methyl sites for hydroxylation is 1. The van der Waals surface area contributed by atoms with Crippen molar-refractivity contribution in [3.05, 3.63) is 58.5 Å². The zero-order valence-corrected chi connectivity index (χ0v) is 17.1. The highest BCUT2D eigenvalue weighted by molar-refractivity contribution is 5.88. The summed E-state index contributed by atoms with van der Waals surface area (Å²) in [6.07, 6.45) is -3.56. The van der Waals surface area contributed by atoms with E-state index in [0.29, 0.717) is 48.4 Å². The predicted octanol–water partition coefficient (Wildman–Crippen LogP) is 3.75. The van der Waals surface area contributed by atoms with E-state index >= 15 is 0 Å². The number of anilines is 1. The lowest BCUT2D eigenvalue weighted by atomic mass is 10.1. The summed E-state index contributed by atoms with van der Waals surface area (Å²) < 4.78 is 48.1. The monoisotopic (exact) mass is 444 g/mol. The highest BCUT2D eigenvalue weighted by atomic mass is 19.4. The van der Waals surface area contributed by atoms with Gasteiger partial charge in [0.1, 0.15) is 34.9 Å². The van der Waals surface area contributed by atoms with Crippen molar-refractivity contribution in [1.29, 1.82) is 5.26 Å². The molecule has 0 aliphatic carbocycles. The summed E-state index contributed by atoms with van der Waals surface area (Å²) in [6.45, 7) is 1.20. The molecule has 1 fully saturated rings. The summed E-state index contributed by atoms with van der Waals surface area (Å²) in [4.78, 5) is 18.9. The summed E-state index contributed by atoms with van der Waals surface area (Å²) in [5.74, 6) is 0.152. The molecular weight excluding hydrogens is 425 g/mol. The average molecular weight is 444 g/mol. The molecule has 1 aliphatic heterocycles. The van der Waals surface area contributed by atoms with Crippen LogP contribution in [0.2, 0.25) is 0 Å². The Labute approximate surface area is 181 Å². The topological polar surface area (TPSA) is 80.4 Å². The van der Waals surface area contributed by atoms with Crippen LogP contribution in [0, 0.1) is 11.3 Å². The molecule has 0 spiro atoms. The minimum Gasteiger partial charge on any atom is -0.490 e. The van der Waals surface area contributed by atoms with Gasteiger partial charge < -0.3 is 18.9 Å². The molecule has 3 heterocycles. The Bertz CT molecular complexity index is 1220. The Kier molecular flexibility index (Phi) is 5.65. The summed E-state index contributed by atoms with van der Waals surface area (Å²) in [5.41, 5.74) is 2.01. The number of aromatic nitrogens is 2. The maximum Gasteiger partial charge on any atom is 0.573 e. The third-order valence-electron chi connectivity index (χ3n) is 5.33. The van der Waals surface area contributed by atoms with Crippen molar-refractivity contribution in [2.75, 3.05) is 18.0 Å². The van der Waals surface area contributed by atoms with Crippen LogP contribution in [0.25, 0.3) is 11.0 Å². The molecule has 10 heteroatoms. The number of benzene rings is 1. The minimum atomic E-state index is -4.74. The number of halogens is 3. The van der Waals surface area contributed by atoms with Crippen LogP contribution in [-0.4, -0.2) is 35.1 Å². The molecule has 0 amide bonds. The number of pyridine rings is 2. The van der Waals surface area contributed by atoms with E-state index in [1.54, 1.807) is 19.2 Å². The number of piperidine rings is 1. The number of nitrogens with zero attached hydrogens (tertiary/aromatic N) is 4. The molecule has 7 nitrogen and oxygen atoms in total. The van der Waals surface area contributed by atoms with Gasteiger partial charge in [0.25, 0.3) is 5.56 Å². The smallest absolute Gasteiger partial charge is 0.490 e. The van der Waals surface area contributed by atoms with Crippen LogP contribution < -0.4 is 19.9 Å². The molecule has 0 unspecified atom stereocenters. The lowest BCUT2D eigenvalue weighted by molar-refractivity contribution is -0.274. The minimum absolute atomic E-state index is 0.124. The van der Waals surface area contributed by atoms with E-state index in [1.807, 2.05) is 11.0 Å². The van der Waals surface area contributed by atoms with Crippen LogP contribution in [0.4, 0.5) is 18.9 Å². The molecule has 0 atom stereocenters. The number of nitriles is 1. The Hall–Kier alpha value is -3.74. The van der Waals surface area contributed by atoms with Crippen molar-refractivity contribution in [3.8, 4) is 17.6 Å². The Morgan fingerprint density at radius 3 is 2.38 bits per heavy atom. The van der Waals surface area contributed by atoms with E-state index in [9.17, 15) is 23.2 Å². The normalized spacial score (nSPS) is 14.9. The molecule has 1 saturated heterocycles. The highest BCUT2D eigenvalue weighted by Gasteiger charge is 2.31. The first-order valence-corrected chi connectivity index (χ1v) is 9.92. The fourth-order valence-corrected chi connectivity index (χ4v) is 3.74. The second-order valence-corrected chi connectivity index (χ2v) is 7.43. The van der Waals surface area contributed by atoms with Gasteiger partial charge in [0.15, 0.2) is 0 Å². The summed E-state index contributed by atoms with van der Waals surface area (Å²) in [6, 6.07) is 12.1. The fraction of sp³-hybridized carbons (Fsp3) is 0.318. The quantitative estimate of drug-likeness (QED) is 0.610. The van der Waals surface area contributed by atoms with Crippen LogP contribution in [0.15, 0.2) is 47.3 Å². The van der Waals surface area contributed by atoms with Gasteiger partial charge in [-0.15, -0.1) is 13.2 Å². The van der Waals surface area contributed by atoms with Crippen molar-refractivity contribution < 1.29 is 22.6 Å². The number of ether oxygens (including phenoxy) is 2. The van der Waals surface area contributed by atoms with E-state index in [1.165, 1.54) is 34.9 Å². The van der Waals surface area contributed by atoms with E-state index < -0.39 is 6.36 Å². The molecule has 1 aliphatic rings. The SMILES string of the molecule is Cn1c(=O)cc(N2CCC(Oc3ccc(OC(F)(F)F)cc3)CC2)c2nc(C#N)ccc21. The molecule has 1 aromatic carbocycles. The maximum absolute atomic E-state index is 12.4. The lowest BCUT2D eigenvalue weighted by Crippen LogP contribution is -2.39. The third kappa shape index (κ3) is 4.61. The first-order chi connectivity index (χ1) is 15.2. The zero-order valence-electron chi connectivity index (χ0n) is 17.1. The molecule has 0 bridgehead atoms. The van der Waals surface area contributed by atoms with Gasteiger partial charge in [-0.05, 0) is 36.4 Å². The van der Waals surface area contributed by atoms with E-state index in [4.69, 9.17) is 4.74 Å². The van der Waals surface area contributed by atoms with Gasteiger partial charge in [-0.2, -0.15) is 5.26 Å². The van der Waals surface area contributed by atoms with E-state index in [-0.39, 0.29) is 23.1 Å². The number of rotatable bonds is 4. The Morgan fingerprint density at radius 1 is 1.09 bits per heavy atom. The molecule has 4 rings (SSSR count). The van der Waals surface area contributed by atoms with Gasteiger partial charge in [0, 0.05) is 39.0 Å². The van der Waals surface area contributed by atoms with Crippen molar-refractivity contribution in [2.24, 2.45) is 7.05 Å². The second kappa shape index (κ2) is 8.42. The maximum atomic E-state index is 12.4. The molecule has 32 heavy (non-hydrogen) atoms. The van der Waals surface area contributed by atoms with E-state index in [2.05, 4.69) is 9.72 Å². The zero-order chi connectivity index (χ0) is 22.9. The summed E-state index contributed by atoms with van der Waals surface area (Å²) >= 11 is 0. The van der Waals surface area contributed by atoms with Gasteiger partial charge in [-0.3, -0.25) is 4.79 Å². The molecule has 166 valence electrons. The van der Waals surface area contributed by atoms with Gasteiger partial charge >= 0.3 is 6.36 Å². The van der Waals surface area contributed by atoms with Crippen molar-refractivity contribution in [2.45, 2.75) is 25.3 Å². The van der Waals surface area contributed by atoms with Gasteiger partial charge in [-0.1, -0.05) is 0 Å². The number of fused-ring (bicyclic) bond motifs is 1. The van der Waals surface area contributed by atoms with Crippen LogP contribution in [0.5, 0.6) is 11.5 Å². The highest BCUT2D eigenvalue weighted by Crippen LogP contribution is 2.29. The van der Waals surface area contributed by atoms with Crippen molar-refractivity contribution in [3.63, 3.8) is 0 Å². The largest absolute Gasteiger partial charge is 0.573 e. The van der Waals surface area contributed by atoms with Crippen molar-refractivity contribution >= 4 is 16.7 Å². The summed E-state index contributed by atoms with van der Waals surface area (Å²) in [7, 11) is 1.66. The van der Waals surface area contributed by atoms with E-state index in [0.717, 1.165) is 0 Å². The molecule has 0 saturated carbocycles. The van der Waals surface area contributed by atoms with Crippen LogP contribution >= 0.6 is 0 Å². The lowest BCUT2D eigenvalue weighted by Gasteiger charge is -2.34. The molecule has 3 aromatic rings. The van der Waals surface area contributed by atoms with Crippen molar-refractivity contribution in [1.82, 2.24) is 9.55 Å². The predicted molar refractivity (Wildman–Crippen MR) is 111 cm³/mol. The van der Waals surface area contributed by atoms with Crippen LogP contribution in [0.3, 0.4) is 0 Å². The number of hydrogen-bond acceptors (Lipinski definition) is 6. The summed E-state index contributed by atoms with van der Waals surface area (Å²) in [5, 5.41) is 9.20. The van der Waals surface area contributed by atoms with Crippen LogP contribution in [0.1, 0.15) is 18.5 Å². The first kappa shape index (κ1) is 21.5. The fourth-order valence-electron chi connectivity index (χ4n) is 3.74. The first-order valence-electron chi connectivity index (χ1n) is 9.92. The van der Waals surface area contributed by atoms with Gasteiger partial charge in [0.2, 0.25) is 0 Å². The number of hydrogen-bond donors (Lipinski definition) is 0. The molecular formula is C22H19F3N4O3. The third-order valence-corrected chi connectivity index (χ3v) is 5.33. The standard InChI is InChI=1S/C22H19F3N4O3/c1-28-18-7-2-14(13-26)27-21(18)19(12-20(28)30)29-10-8-16(9-11-29)31-15-3-5-17(6-4-15)32-22(23,24)25/h2-7,12,16H,8-11H2,1H3. The van der Waals surface area contributed by atoms with Gasteiger partial charge in [0.05, 0.1) is 11.2 Å². The van der Waals surface area contributed by atoms with Gasteiger partial charge in [-0.25, -0.2) is 4.98 Å². The Morgan fingerprint density at radius 2 is 1.75 bits per heavy atom.